The number of hydrogen-bond acceptors (Lipinski definition) is 6. The largest absolute Gasteiger partial charge is 0.387 e. The highest BCUT2D eigenvalue weighted by atomic mass is 16.8. The first kappa shape index (κ1) is 15.2. The van der Waals surface area contributed by atoms with E-state index < -0.39 is 29.9 Å². The molecule has 2 heterocycles. The van der Waals surface area contributed by atoms with Gasteiger partial charge >= 0.3 is 0 Å². The van der Waals surface area contributed by atoms with E-state index >= 15 is 0 Å². The predicted molar refractivity (Wildman–Crippen MR) is 66.6 cm³/mol. The molecule has 0 aromatic carbocycles. The molecule has 2 aliphatic rings. The Kier molecular flexibility index (Phi) is 4.49. The molecule has 0 aromatic heterocycles. The highest BCUT2D eigenvalue weighted by Gasteiger charge is 2.62. The third kappa shape index (κ3) is 3.09. The van der Waals surface area contributed by atoms with Crippen molar-refractivity contribution in [2.75, 3.05) is 26.4 Å². The Morgan fingerprint density at radius 2 is 1.79 bits per heavy atom. The molecular weight excluding hydrogens is 252 g/mol. The first-order valence-corrected chi connectivity index (χ1v) is 6.82. The van der Waals surface area contributed by atoms with Gasteiger partial charge in [-0.2, -0.15) is 0 Å². The molecule has 6 heteroatoms. The fraction of sp³-hybridized carbons (Fsp3) is 1.00. The van der Waals surface area contributed by atoms with Crippen LogP contribution in [-0.2, 0) is 23.7 Å². The maximum Gasteiger partial charge on any atom is 0.191 e. The van der Waals surface area contributed by atoms with Gasteiger partial charge in [0.2, 0.25) is 0 Å². The minimum Gasteiger partial charge on any atom is -0.387 e. The lowest BCUT2D eigenvalue weighted by Crippen LogP contribution is -2.51. The topological polar surface area (TPSA) is 69.7 Å². The summed E-state index contributed by atoms with van der Waals surface area (Å²) < 4.78 is 27.7. The van der Waals surface area contributed by atoms with Crippen LogP contribution in [0.15, 0.2) is 0 Å². The maximum absolute atomic E-state index is 10.5. The Labute approximate surface area is 113 Å². The fourth-order valence-corrected chi connectivity index (χ4v) is 2.35. The second kappa shape index (κ2) is 5.63. The van der Waals surface area contributed by atoms with Crippen LogP contribution in [0, 0.1) is 0 Å². The molecule has 3 atom stereocenters. The van der Waals surface area contributed by atoms with Gasteiger partial charge in [0.05, 0.1) is 13.2 Å². The molecule has 19 heavy (non-hydrogen) atoms. The van der Waals surface area contributed by atoms with Crippen molar-refractivity contribution in [3.05, 3.63) is 0 Å². The first-order valence-electron chi connectivity index (χ1n) is 6.82. The summed E-state index contributed by atoms with van der Waals surface area (Å²) in [6.07, 6.45) is -1.84. The number of rotatable bonds is 7. The van der Waals surface area contributed by atoms with Crippen LogP contribution in [0.2, 0.25) is 0 Å². The summed E-state index contributed by atoms with van der Waals surface area (Å²) in [5.41, 5.74) is -0.833. The molecule has 0 aromatic rings. The van der Waals surface area contributed by atoms with Crippen molar-refractivity contribution in [3.63, 3.8) is 0 Å². The van der Waals surface area contributed by atoms with Gasteiger partial charge in [-0.1, -0.05) is 0 Å². The molecule has 1 N–H and O–H groups in total. The second-order valence-electron chi connectivity index (χ2n) is 5.30. The molecule has 0 bridgehead atoms. The van der Waals surface area contributed by atoms with Crippen molar-refractivity contribution in [3.8, 4) is 0 Å². The third-order valence-electron chi connectivity index (χ3n) is 3.40. The molecule has 2 fully saturated rings. The van der Waals surface area contributed by atoms with Crippen LogP contribution in [0.1, 0.15) is 27.7 Å². The normalized spacial score (nSPS) is 34.7. The van der Waals surface area contributed by atoms with E-state index in [1.54, 1.807) is 0 Å². The van der Waals surface area contributed by atoms with Crippen LogP contribution in [0.5, 0.6) is 0 Å². The number of ether oxygens (including phenoxy) is 5. The summed E-state index contributed by atoms with van der Waals surface area (Å²) in [5, 5.41) is 10.5. The van der Waals surface area contributed by atoms with Gasteiger partial charge in [0.1, 0.15) is 12.2 Å². The quantitative estimate of drug-likeness (QED) is 0.544. The number of aliphatic hydroxyl groups is 1. The van der Waals surface area contributed by atoms with Crippen LogP contribution in [-0.4, -0.2) is 61.4 Å². The summed E-state index contributed by atoms with van der Waals surface area (Å²) in [4.78, 5) is 0. The summed E-state index contributed by atoms with van der Waals surface area (Å²) in [6, 6.07) is 0. The Balaban J connectivity index is 2.02. The molecule has 112 valence electrons. The lowest BCUT2D eigenvalue weighted by atomic mass is 9.98. The Morgan fingerprint density at radius 1 is 1.21 bits per heavy atom. The molecule has 2 saturated heterocycles. The average molecular weight is 276 g/mol. The Hall–Kier alpha value is -0.240. The van der Waals surface area contributed by atoms with E-state index in [0.717, 1.165) is 0 Å². The van der Waals surface area contributed by atoms with Gasteiger partial charge in [0.15, 0.2) is 17.7 Å². The van der Waals surface area contributed by atoms with Gasteiger partial charge in [-0.3, -0.25) is 0 Å². The molecule has 0 spiro atoms. The molecular formula is C13H24O6. The molecule has 0 radical (unpaired) electrons. The lowest BCUT2D eigenvalue weighted by Gasteiger charge is -2.30. The van der Waals surface area contributed by atoms with Crippen LogP contribution >= 0.6 is 0 Å². The maximum atomic E-state index is 10.5. The van der Waals surface area contributed by atoms with E-state index in [-0.39, 0.29) is 0 Å². The van der Waals surface area contributed by atoms with Crippen molar-refractivity contribution >= 4 is 0 Å². The fourth-order valence-electron chi connectivity index (χ4n) is 2.35. The molecule has 0 unspecified atom stereocenters. The molecule has 2 rings (SSSR count). The summed E-state index contributed by atoms with van der Waals surface area (Å²) in [7, 11) is 0. The van der Waals surface area contributed by atoms with Crippen LogP contribution in [0.4, 0.5) is 0 Å². The van der Waals surface area contributed by atoms with Crippen LogP contribution in [0.3, 0.4) is 0 Å². The Bertz CT molecular complexity index is 296. The van der Waals surface area contributed by atoms with Crippen LogP contribution < -0.4 is 0 Å². The van der Waals surface area contributed by atoms with Gasteiger partial charge in [0, 0.05) is 13.2 Å². The Morgan fingerprint density at radius 3 is 2.16 bits per heavy atom. The third-order valence-corrected chi connectivity index (χ3v) is 3.40. The van der Waals surface area contributed by atoms with Gasteiger partial charge < -0.3 is 28.8 Å². The zero-order chi connectivity index (χ0) is 14.1. The molecule has 6 nitrogen and oxygen atoms in total. The number of epoxide rings is 1. The van der Waals surface area contributed by atoms with Crippen molar-refractivity contribution in [2.24, 2.45) is 0 Å². The average Bonchev–Trinajstić information content (AvgIpc) is 3.08. The van der Waals surface area contributed by atoms with Crippen molar-refractivity contribution in [2.45, 2.75) is 57.6 Å². The van der Waals surface area contributed by atoms with E-state index in [2.05, 4.69) is 0 Å². The highest BCUT2D eigenvalue weighted by Crippen LogP contribution is 2.41. The monoisotopic (exact) mass is 276 g/mol. The summed E-state index contributed by atoms with van der Waals surface area (Å²) in [5.74, 6) is -0.672. The highest BCUT2D eigenvalue weighted by molar-refractivity contribution is 5.06. The van der Waals surface area contributed by atoms with Crippen molar-refractivity contribution < 1.29 is 28.8 Å². The number of aliphatic hydroxyl groups excluding tert-OH is 1. The molecule has 2 aliphatic heterocycles. The van der Waals surface area contributed by atoms with E-state index in [0.29, 0.717) is 26.4 Å². The van der Waals surface area contributed by atoms with Gasteiger partial charge in [-0.25, -0.2) is 0 Å². The summed E-state index contributed by atoms with van der Waals surface area (Å²) >= 11 is 0. The number of hydrogen-bond donors (Lipinski definition) is 1. The van der Waals surface area contributed by atoms with E-state index in [9.17, 15) is 5.11 Å². The van der Waals surface area contributed by atoms with Gasteiger partial charge in [-0.05, 0) is 27.7 Å². The van der Waals surface area contributed by atoms with Gasteiger partial charge in [0.25, 0.3) is 0 Å². The smallest absolute Gasteiger partial charge is 0.191 e. The SMILES string of the molecule is CCOC(OCC)[C@@]1([C@H](O)[C@H]2COC(C)(C)O2)CO1. The van der Waals surface area contributed by atoms with Crippen molar-refractivity contribution in [1.29, 1.82) is 0 Å². The van der Waals surface area contributed by atoms with Crippen LogP contribution in [0.25, 0.3) is 0 Å². The summed E-state index contributed by atoms with van der Waals surface area (Å²) in [6.45, 7) is 9.14. The van der Waals surface area contributed by atoms with Crippen molar-refractivity contribution in [1.82, 2.24) is 0 Å². The second-order valence-corrected chi connectivity index (χ2v) is 5.30. The van der Waals surface area contributed by atoms with E-state index in [4.69, 9.17) is 23.7 Å². The van der Waals surface area contributed by atoms with E-state index in [1.165, 1.54) is 0 Å². The molecule has 0 amide bonds. The minimum atomic E-state index is -0.836. The zero-order valence-electron chi connectivity index (χ0n) is 12.0. The van der Waals surface area contributed by atoms with Gasteiger partial charge in [-0.15, -0.1) is 0 Å². The molecule has 0 aliphatic carbocycles. The standard InChI is InChI=1S/C13H24O6/c1-5-15-11(16-6-2)13(8-18-13)10(14)9-7-17-12(3,4)19-9/h9-11,14H,5-8H2,1-4H3/t9-,10-,13+/m1/s1. The lowest BCUT2D eigenvalue weighted by molar-refractivity contribution is -0.213. The minimum absolute atomic E-state index is 0.338. The first-order chi connectivity index (χ1) is 8.95. The predicted octanol–water partition coefficient (Wildman–Crippen LogP) is 0.667. The zero-order valence-corrected chi connectivity index (χ0v) is 12.0. The molecule has 0 saturated carbocycles. The van der Waals surface area contributed by atoms with E-state index in [1.807, 2.05) is 27.7 Å².